The normalized spacial score (nSPS) is 17.9. The Morgan fingerprint density at radius 3 is 2.46 bits per heavy atom. The van der Waals surface area contributed by atoms with Gasteiger partial charge in [-0.2, -0.15) is 0 Å². The zero-order chi connectivity index (χ0) is 20.9. The predicted octanol–water partition coefficient (Wildman–Crippen LogP) is 3.30. The molecule has 1 aromatic rings. The summed E-state index contributed by atoms with van der Waals surface area (Å²) in [6, 6.07) is 2.39. The Morgan fingerprint density at radius 2 is 1.86 bits per heavy atom. The Morgan fingerprint density at radius 1 is 1.21 bits per heavy atom. The highest BCUT2D eigenvalue weighted by Crippen LogP contribution is 2.49. The van der Waals surface area contributed by atoms with Crippen LogP contribution in [0.1, 0.15) is 50.5 Å². The molecule has 0 aromatic heterocycles. The summed E-state index contributed by atoms with van der Waals surface area (Å²) in [6.07, 6.45) is -0.447. The quantitative estimate of drug-likeness (QED) is 0.615. The van der Waals surface area contributed by atoms with Crippen molar-refractivity contribution in [1.29, 1.82) is 0 Å². The van der Waals surface area contributed by atoms with E-state index >= 15 is 8.78 Å². The van der Waals surface area contributed by atoms with Crippen LogP contribution in [0.2, 0.25) is 10.0 Å². The van der Waals surface area contributed by atoms with Gasteiger partial charge in [-0.25, -0.2) is 8.78 Å². The molecule has 9 heteroatoms. The van der Waals surface area contributed by atoms with E-state index in [0.717, 1.165) is 25.3 Å². The molecule has 1 aliphatic carbocycles. The number of alkyl halides is 2. The summed E-state index contributed by atoms with van der Waals surface area (Å²) < 4.78 is 35.7. The van der Waals surface area contributed by atoms with Crippen molar-refractivity contribution in [3.8, 4) is 5.75 Å². The molecule has 1 aromatic carbocycles. The number of aliphatic carboxylic acids is 1. The van der Waals surface area contributed by atoms with Crippen molar-refractivity contribution in [1.82, 2.24) is 0 Å². The van der Waals surface area contributed by atoms with Gasteiger partial charge in [0.25, 0.3) is 5.92 Å². The van der Waals surface area contributed by atoms with Crippen LogP contribution in [0.5, 0.6) is 5.75 Å². The first-order valence-electron chi connectivity index (χ1n) is 9.17. The molecule has 0 amide bonds. The van der Waals surface area contributed by atoms with E-state index in [4.69, 9.17) is 27.9 Å². The number of aliphatic hydroxyl groups is 2. The van der Waals surface area contributed by atoms with Gasteiger partial charge in [0.2, 0.25) is 0 Å². The van der Waals surface area contributed by atoms with E-state index in [1.54, 1.807) is 0 Å². The molecule has 0 bridgehead atoms. The van der Waals surface area contributed by atoms with Gasteiger partial charge in [-0.3, -0.25) is 0 Å². The summed E-state index contributed by atoms with van der Waals surface area (Å²) in [5.41, 5.74) is -0.431. The molecular weight excluding hydrogens is 417 g/mol. The molecule has 0 heterocycles. The molecule has 0 saturated heterocycles. The average Bonchev–Trinajstić information content (AvgIpc) is 2.60. The zero-order valence-electron chi connectivity index (χ0n) is 15.2. The van der Waals surface area contributed by atoms with Crippen molar-refractivity contribution >= 4 is 29.2 Å². The predicted molar refractivity (Wildman–Crippen MR) is 98.7 cm³/mol. The summed E-state index contributed by atoms with van der Waals surface area (Å²) in [7, 11) is 0. The Balaban J connectivity index is 2.16. The third-order valence-corrected chi connectivity index (χ3v) is 5.35. The number of carboxylic acid groups (broad SMARTS) is 1. The van der Waals surface area contributed by atoms with E-state index in [0.29, 0.717) is 12.8 Å². The van der Waals surface area contributed by atoms with Gasteiger partial charge in [-0.05, 0) is 25.0 Å². The molecule has 158 valence electrons. The van der Waals surface area contributed by atoms with Crippen LogP contribution in [-0.4, -0.2) is 35.0 Å². The molecule has 2 atom stereocenters. The van der Waals surface area contributed by atoms with E-state index in [2.05, 4.69) is 0 Å². The minimum absolute atomic E-state index is 0.0489. The molecule has 0 radical (unpaired) electrons. The zero-order valence-corrected chi connectivity index (χ0v) is 16.7. The summed E-state index contributed by atoms with van der Waals surface area (Å²) in [4.78, 5) is 10.5. The second kappa shape index (κ2) is 10.1. The van der Waals surface area contributed by atoms with E-state index in [9.17, 15) is 20.1 Å². The van der Waals surface area contributed by atoms with Gasteiger partial charge in [-0.15, -0.1) is 0 Å². The first kappa shape index (κ1) is 23.1. The number of hydrogen-bond donors (Lipinski definition) is 2. The third kappa shape index (κ3) is 6.17. The first-order valence-corrected chi connectivity index (χ1v) is 9.93. The molecule has 1 fully saturated rings. The van der Waals surface area contributed by atoms with Crippen LogP contribution in [0.4, 0.5) is 8.78 Å². The smallest absolute Gasteiger partial charge is 0.279 e. The standard InChI is InChI=1S/C19H24Cl2F2O5/c20-12-6-15(19(22,23)11-4-2-1-3-5-11)18(16(21)7-12)28-10-14(25)8-13(24)9-17(26)27/h6-7,11,13-14,24-25H,1-5,8-10H2,(H,26,27)/p-1/t13-,14?/m1/s1. The molecule has 2 rings (SSSR count). The van der Waals surface area contributed by atoms with Crippen molar-refractivity contribution < 1.29 is 33.6 Å². The van der Waals surface area contributed by atoms with E-state index in [1.165, 1.54) is 6.07 Å². The molecule has 0 spiro atoms. The Kier molecular flexibility index (Phi) is 8.30. The summed E-state index contributed by atoms with van der Waals surface area (Å²) in [5, 5.41) is 29.9. The first-order chi connectivity index (χ1) is 13.1. The Bertz CT molecular complexity index is 681. The lowest BCUT2D eigenvalue weighted by molar-refractivity contribution is -0.307. The molecule has 1 aliphatic rings. The summed E-state index contributed by atoms with van der Waals surface area (Å²) in [6.45, 7) is -0.445. The van der Waals surface area contributed by atoms with Gasteiger partial charge >= 0.3 is 0 Å². The van der Waals surface area contributed by atoms with E-state index in [1.807, 2.05) is 0 Å². The number of carbonyl (C=O) groups is 1. The molecule has 28 heavy (non-hydrogen) atoms. The van der Waals surface area contributed by atoms with Crippen LogP contribution in [0.3, 0.4) is 0 Å². The lowest BCUT2D eigenvalue weighted by atomic mass is 9.81. The SMILES string of the molecule is O=C([O-])C[C@H](O)CC(O)COc1c(Cl)cc(Cl)cc1C(F)(F)C1CCCCC1. The molecule has 0 aliphatic heterocycles. The minimum atomic E-state index is -3.20. The average molecular weight is 440 g/mol. The topological polar surface area (TPSA) is 89.8 Å². The molecule has 2 N–H and O–H groups in total. The lowest BCUT2D eigenvalue weighted by Gasteiger charge is -2.31. The van der Waals surface area contributed by atoms with Gasteiger partial charge < -0.3 is 24.9 Å². The maximum atomic E-state index is 15.2. The summed E-state index contributed by atoms with van der Waals surface area (Å²) >= 11 is 12.0. The number of halogens is 4. The number of rotatable bonds is 9. The van der Waals surface area contributed by atoms with E-state index in [-0.39, 0.29) is 22.2 Å². The highest BCUT2D eigenvalue weighted by Gasteiger charge is 2.44. The highest BCUT2D eigenvalue weighted by atomic mass is 35.5. The maximum Gasteiger partial charge on any atom is 0.279 e. The number of benzene rings is 1. The third-order valence-electron chi connectivity index (χ3n) is 4.85. The second-order valence-electron chi connectivity index (χ2n) is 7.15. The lowest BCUT2D eigenvalue weighted by Crippen LogP contribution is -2.31. The molecule has 1 unspecified atom stereocenters. The monoisotopic (exact) mass is 439 g/mol. The van der Waals surface area contributed by atoms with E-state index < -0.39 is 48.6 Å². The number of aliphatic hydroxyl groups excluding tert-OH is 2. The van der Waals surface area contributed by atoms with Gasteiger partial charge in [0.1, 0.15) is 12.4 Å². The number of hydrogen-bond acceptors (Lipinski definition) is 5. The number of carboxylic acids is 1. The number of ether oxygens (including phenoxy) is 1. The fourth-order valence-corrected chi connectivity index (χ4v) is 4.03. The minimum Gasteiger partial charge on any atom is -0.550 e. The Labute approximate surface area is 172 Å². The van der Waals surface area contributed by atoms with Crippen LogP contribution in [0, 0.1) is 5.92 Å². The van der Waals surface area contributed by atoms with Crippen molar-refractivity contribution in [3.05, 3.63) is 27.7 Å². The fourth-order valence-electron chi connectivity index (χ4n) is 3.48. The highest BCUT2D eigenvalue weighted by molar-refractivity contribution is 6.35. The summed E-state index contributed by atoms with van der Waals surface area (Å²) in [5.74, 6) is -5.79. The molecule has 1 saturated carbocycles. The van der Waals surface area contributed by atoms with Crippen LogP contribution in [-0.2, 0) is 10.7 Å². The van der Waals surface area contributed by atoms with Crippen LogP contribution in [0.15, 0.2) is 12.1 Å². The van der Waals surface area contributed by atoms with Crippen molar-refractivity contribution in [2.24, 2.45) is 5.92 Å². The maximum absolute atomic E-state index is 15.2. The second-order valence-corrected chi connectivity index (χ2v) is 8.00. The van der Waals surface area contributed by atoms with Gasteiger partial charge in [-0.1, -0.05) is 42.5 Å². The molecule has 5 nitrogen and oxygen atoms in total. The van der Waals surface area contributed by atoms with Crippen LogP contribution in [0.25, 0.3) is 0 Å². The number of carbonyl (C=O) groups excluding carboxylic acids is 1. The van der Waals surface area contributed by atoms with Gasteiger partial charge in [0.05, 0.1) is 22.8 Å². The van der Waals surface area contributed by atoms with Crippen molar-refractivity contribution in [2.45, 2.75) is 63.1 Å². The van der Waals surface area contributed by atoms with Crippen LogP contribution < -0.4 is 9.84 Å². The molecular formula is C19H23Cl2F2O5-. The van der Waals surface area contributed by atoms with Crippen LogP contribution >= 0.6 is 23.2 Å². The largest absolute Gasteiger partial charge is 0.550 e. The fraction of sp³-hybridized carbons (Fsp3) is 0.632. The van der Waals surface area contributed by atoms with Crippen molar-refractivity contribution in [2.75, 3.05) is 6.61 Å². The van der Waals surface area contributed by atoms with Gasteiger partial charge in [0, 0.05) is 29.8 Å². The Hall–Kier alpha value is -1.15. The van der Waals surface area contributed by atoms with Crippen molar-refractivity contribution in [3.63, 3.8) is 0 Å². The van der Waals surface area contributed by atoms with Gasteiger partial charge in [0.15, 0.2) is 0 Å².